The number of carbonyl (C=O) groups excluding carboxylic acids is 2. The van der Waals surface area contributed by atoms with Crippen LogP contribution in [0.15, 0.2) is 66.7 Å². The highest BCUT2D eigenvalue weighted by Crippen LogP contribution is 2.17. The van der Waals surface area contributed by atoms with Crippen molar-refractivity contribution in [3.8, 4) is 0 Å². The molecule has 2 amide bonds. The molecular weight excluding hydrogens is 412 g/mol. The smallest absolute Gasteiger partial charge is 0.253 e. The molecule has 0 radical (unpaired) electrons. The van der Waals surface area contributed by atoms with Crippen molar-refractivity contribution in [2.24, 2.45) is 0 Å². The number of hydrogen-bond acceptors (Lipinski definition) is 3. The number of rotatable bonds is 8. The standard InChI is InChI=1S/C25H25F2N3O2/c1-16-7-9-18(10-8-16)14-29-25(32)20-5-3-4-6-23(20)30-24(31)15-28-17(2)19-11-12-21(26)22(27)13-19/h3-13,17,28H,14-15H2,1-2H3,(H,29,32)(H,30,31)/t17-/m0/s1. The van der Waals surface area contributed by atoms with Crippen molar-refractivity contribution in [2.75, 3.05) is 11.9 Å². The van der Waals surface area contributed by atoms with Gasteiger partial charge in [0.15, 0.2) is 11.6 Å². The van der Waals surface area contributed by atoms with E-state index in [4.69, 9.17) is 0 Å². The van der Waals surface area contributed by atoms with Crippen LogP contribution >= 0.6 is 0 Å². The highest BCUT2D eigenvalue weighted by molar-refractivity contribution is 6.04. The number of para-hydroxylation sites is 1. The summed E-state index contributed by atoms with van der Waals surface area (Å²) >= 11 is 0. The van der Waals surface area contributed by atoms with Crippen molar-refractivity contribution in [3.05, 3.63) is 101 Å². The Morgan fingerprint density at radius 2 is 1.66 bits per heavy atom. The van der Waals surface area contributed by atoms with E-state index in [1.54, 1.807) is 31.2 Å². The fraction of sp³-hybridized carbons (Fsp3) is 0.200. The van der Waals surface area contributed by atoms with Crippen LogP contribution in [0.5, 0.6) is 0 Å². The molecule has 0 fully saturated rings. The number of anilines is 1. The van der Waals surface area contributed by atoms with Crippen LogP contribution in [-0.2, 0) is 11.3 Å². The number of carbonyl (C=O) groups is 2. The van der Waals surface area contributed by atoms with Crippen LogP contribution in [0.2, 0.25) is 0 Å². The molecule has 1 atom stereocenters. The Hall–Kier alpha value is -3.58. The van der Waals surface area contributed by atoms with Crippen LogP contribution in [0.4, 0.5) is 14.5 Å². The van der Waals surface area contributed by atoms with E-state index >= 15 is 0 Å². The third kappa shape index (κ3) is 6.21. The van der Waals surface area contributed by atoms with Crippen LogP contribution in [-0.4, -0.2) is 18.4 Å². The lowest BCUT2D eigenvalue weighted by atomic mass is 10.1. The van der Waals surface area contributed by atoms with Crippen LogP contribution in [0.3, 0.4) is 0 Å². The second-order valence-corrected chi connectivity index (χ2v) is 7.54. The molecule has 0 aliphatic carbocycles. The van der Waals surface area contributed by atoms with Crippen molar-refractivity contribution in [1.82, 2.24) is 10.6 Å². The molecule has 5 nitrogen and oxygen atoms in total. The summed E-state index contributed by atoms with van der Waals surface area (Å²) < 4.78 is 26.5. The molecule has 0 unspecified atom stereocenters. The minimum Gasteiger partial charge on any atom is -0.348 e. The minimum absolute atomic E-state index is 0.0700. The monoisotopic (exact) mass is 437 g/mol. The van der Waals surface area contributed by atoms with E-state index in [1.807, 2.05) is 31.2 Å². The lowest BCUT2D eigenvalue weighted by molar-refractivity contribution is -0.115. The van der Waals surface area contributed by atoms with Gasteiger partial charge in [-0.05, 0) is 49.2 Å². The number of hydrogen-bond donors (Lipinski definition) is 3. The van der Waals surface area contributed by atoms with Gasteiger partial charge < -0.3 is 16.0 Å². The number of halogens is 2. The summed E-state index contributed by atoms with van der Waals surface area (Å²) in [5.41, 5.74) is 3.37. The zero-order valence-corrected chi connectivity index (χ0v) is 17.9. The van der Waals surface area contributed by atoms with E-state index in [-0.39, 0.29) is 24.4 Å². The molecule has 0 bridgehead atoms. The van der Waals surface area contributed by atoms with Crippen molar-refractivity contribution < 1.29 is 18.4 Å². The molecule has 32 heavy (non-hydrogen) atoms. The van der Waals surface area contributed by atoms with E-state index in [2.05, 4.69) is 16.0 Å². The molecule has 3 N–H and O–H groups in total. The molecule has 0 aromatic heterocycles. The van der Waals surface area contributed by atoms with Gasteiger partial charge in [0.05, 0.1) is 17.8 Å². The molecular formula is C25H25F2N3O2. The molecule has 0 spiro atoms. The molecule has 0 saturated carbocycles. The number of nitrogens with one attached hydrogen (secondary N) is 3. The Morgan fingerprint density at radius 1 is 0.938 bits per heavy atom. The quantitative estimate of drug-likeness (QED) is 0.486. The molecule has 3 rings (SSSR count). The molecule has 0 aliphatic heterocycles. The van der Waals surface area contributed by atoms with Crippen molar-refractivity contribution in [1.29, 1.82) is 0 Å². The summed E-state index contributed by atoms with van der Waals surface area (Å²) in [6, 6.07) is 17.8. The highest BCUT2D eigenvalue weighted by atomic mass is 19.2. The summed E-state index contributed by atoms with van der Waals surface area (Å²) in [4.78, 5) is 25.1. The molecule has 3 aromatic carbocycles. The Balaban J connectivity index is 1.57. The van der Waals surface area contributed by atoms with Crippen LogP contribution in [0.1, 0.15) is 40.0 Å². The Bertz CT molecular complexity index is 1100. The summed E-state index contributed by atoms with van der Waals surface area (Å²) in [6.07, 6.45) is 0. The van der Waals surface area contributed by atoms with E-state index in [0.717, 1.165) is 23.3 Å². The van der Waals surface area contributed by atoms with Gasteiger partial charge in [0, 0.05) is 12.6 Å². The van der Waals surface area contributed by atoms with E-state index in [9.17, 15) is 18.4 Å². The third-order valence-electron chi connectivity index (χ3n) is 5.03. The maximum atomic E-state index is 13.4. The van der Waals surface area contributed by atoms with Gasteiger partial charge in [-0.2, -0.15) is 0 Å². The summed E-state index contributed by atoms with van der Waals surface area (Å²) in [5.74, 6) is -2.52. The highest BCUT2D eigenvalue weighted by Gasteiger charge is 2.14. The SMILES string of the molecule is Cc1ccc(CNC(=O)c2ccccc2NC(=O)CN[C@@H](C)c2ccc(F)c(F)c2)cc1. The lowest BCUT2D eigenvalue weighted by Gasteiger charge is -2.15. The lowest BCUT2D eigenvalue weighted by Crippen LogP contribution is -2.31. The fourth-order valence-electron chi connectivity index (χ4n) is 3.11. The zero-order chi connectivity index (χ0) is 23.1. The van der Waals surface area contributed by atoms with Crippen LogP contribution < -0.4 is 16.0 Å². The predicted octanol–water partition coefficient (Wildman–Crippen LogP) is 4.49. The molecule has 166 valence electrons. The zero-order valence-electron chi connectivity index (χ0n) is 17.9. The van der Waals surface area contributed by atoms with Crippen molar-refractivity contribution in [2.45, 2.75) is 26.4 Å². The molecule has 0 heterocycles. The Kier molecular flexibility index (Phi) is 7.68. The summed E-state index contributed by atoms with van der Waals surface area (Å²) in [5, 5.41) is 8.55. The summed E-state index contributed by atoms with van der Waals surface area (Å²) in [7, 11) is 0. The normalized spacial score (nSPS) is 11.6. The fourth-order valence-corrected chi connectivity index (χ4v) is 3.11. The second kappa shape index (κ2) is 10.6. The molecule has 0 saturated heterocycles. The first-order valence-corrected chi connectivity index (χ1v) is 10.2. The Labute approximate surface area is 185 Å². The Morgan fingerprint density at radius 3 is 2.38 bits per heavy atom. The first-order chi connectivity index (χ1) is 15.3. The van der Waals surface area contributed by atoms with Gasteiger partial charge in [-0.3, -0.25) is 9.59 Å². The number of amides is 2. The molecule has 3 aromatic rings. The molecule has 0 aliphatic rings. The van der Waals surface area contributed by atoms with Crippen LogP contribution in [0, 0.1) is 18.6 Å². The average molecular weight is 437 g/mol. The summed E-state index contributed by atoms with van der Waals surface area (Å²) in [6.45, 7) is 4.04. The van der Waals surface area contributed by atoms with Crippen LogP contribution in [0.25, 0.3) is 0 Å². The second-order valence-electron chi connectivity index (χ2n) is 7.54. The van der Waals surface area contributed by atoms with Gasteiger partial charge >= 0.3 is 0 Å². The van der Waals surface area contributed by atoms with E-state index in [1.165, 1.54) is 6.07 Å². The number of benzene rings is 3. The van der Waals surface area contributed by atoms with Gasteiger partial charge in [-0.15, -0.1) is 0 Å². The van der Waals surface area contributed by atoms with E-state index in [0.29, 0.717) is 23.4 Å². The van der Waals surface area contributed by atoms with Gasteiger partial charge in [0.1, 0.15) is 0 Å². The van der Waals surface area contributed by atoms with Gasteiger partial charge in [0.2, 0.25) is 5.91 Å². The first-order valence-electron chi connectivity index (χ1n) is 10.2. The predicted molar refractivity (Wildman–Crippen MR) is 120 cm³/mol. The van der Waals surface area contributed by atoms with Crippen molar-refractivity contribution in [3.63, 3.8) is 0 Å². The number of aryl methyl sites for hydroxylation is 1. The van der Waals surface area contributed by atoms with Gasteiger partial charge in [-0.1, -0.05) is 48.0 Å². The van der Waals surface area contributed by atoms with Crippen molar-refractivity contribution >= 4 is 17.5 Å². The molecule has 7 heteroatoms. The third-order valence-corrected chi connectivity index (χ3v) is 5.03. The van der Waals surface area contributed by atoms with Gasteiger partial charge in [0.25, 0.3) is 5.91 Å². The maximum Gasteiger partial charge on any atom is 0.253 e. The first kappa shape index (κ1) is 23.1. The van der Waals surface area contributed by atoms with Gasteiger partial charge in [-0.25, -0.2) is 8.78 Å². The van der Waals surface area contributed by atoms with E-state index < -0.39 is 11.6 Å². The minimum atomic E-state index is -0.939. The average Bonchev–Trinajstić information content (AvgIpc) is 2.79. The largest absolute Gasteiger partial charge is 0.348 e. The maximum absolute atomic E-state index is 13.4. The topological polar surface area (TPSA) is 70.2 Å².